The summed E-state index contributed by atoms with van der Waals surface area (Å²) in [6.45, 7) is 7.50. The van der Waals surface area contributed by atoms with Crippen molar-refractivity contribution in [2.24, 2.45) is 10.9 Å². The molecule has 0 atom stereocenters. The molecule has 104 valence electrons. The third-order valence-corrected chi connectivity index (χ3v) is 3.38. The Bertz CT molecular complexity index is 473. The molecule has 2 rings (SSSR count). The summed E-state index contributed by atoms with van der Waals surface area (Å²) in [4.78, 5) is 6.44. The van der Waals surface area contributed by atoms with Crippen molar-refractivity contribution in [1.82, 2.24) is 9.88 Å². The van der Waals surface area contributed by atoms with Gasteiger partial charge in [-0.1, -0.05) is 5.16 Å². The van der Waals surface area contributed by atoms with Gasteiger partial charge >= 0.3 is 0 Å². The van der Waals surface area contributed by atoms with Crippen molar-refractivity contribution in [2.75, 3.05) is 19.8 Å². The van der Waals surface area contributed by atoms with E-state index >= 15 is 0 Å². The molecule has 0 bridgehead atoms. The van der Waals surface area contributed by atoms with Gasteiger partial charge in [0.25, 0.3) is 0 Å². The van der Waals surface area contributed by atoms with Crippen LogP contribution in [-0.4, -0.2) is 46.2 Å². The van der Waals surface area contributed by atoms with Crippen LogP contribution in [-0.2, 0) is 11.3 Å². The molecule has 0 aromatic carbocycles. The Balaban J connectivity index is 2.14. The molecule has 0 saturated carbocycles. The summed E-state index contributed by atoms with van der Waals surface area (Å²) in [5, 5.41) is 11.7. The van der Waals surface area contributed by atoms with Crippen LogP contribution in [0.15, 0.2) is 23.5 Å². The molecule has 6 heteroatoms. The Morgan fingerprint density at radius 2 is 2.42 bits per heavy atom. The Hall–Kier alpha value is -1.66. The van der Waals surface area contributed by atoms with Crippen LogP contribution in [0.2, 0.25) is 0 Å². The smallest absolute Gasteiger partial charge is 0.188 e. The molecule has 3 N–H and O–H groups in total. The quantitative estimate of drug-likeness (QED) is 0.365. The van der Waals surface area contributed by atoms with E-state index in [1.54, 1.807) is 6.20 Å². The third kappa shape index (κ3) is 3.21. The first-order chi connectivity index (χ1) is 9.03. The zero-order valence-electron chi connectivity index (χ0n) is 11.3. The van der Waals surface area contributed by atoms with Crippen LogP contribution < -0.4 is 5.73 Å². The highest BCUT2D eigenvalue weighted by atomic mass is 16.5. The monoisotopic (exact) mass is 264 g/mol. The molecule has 1 aliphatic heterocycles. The van der Waals surface area contributed by atoms with Gasteiger partial charge < -0.3 is 15.7 Å². The molecule has 1 aromatic rings. The van der Waals surface area contributed by atoms with Gasteiger partial charge in [-0.3, -0.25) is 9.88 Å². The summed E-state index contributed by atoms with van der Waals surface area (Å²) in [7, 11) is 0. The van der Waals surface area contributed by atoms with Crippen LogP contribution in [0.25, 0.3) is 0 Å². The van der Waals surface area contributed by atoms with Gasteiger partial charge in [-0.2, -0.15) is 0 Å². The van der Waals surface area contributed by atoms with E-state index in [2.05, 4.69) is 28.9 Å². The van der Waals surface area contributed by atoms with Gasteiger partial charge in [-0.05, 0) is 31.5 Å². The molecular formula is C13H20N4O2. The number of ether oxygens (including phenoxy) is 1. The second-order valence-corrected chi connectivity index (χ2v) is 5.32. The summed E-state index contributed by atoms with van der Waals surface area (Å²) < 4.78 is 5.51. The number of nitrogens with zero attached hydrogens (tertiary/aromatic N) is 3. The summed E-state index contributed by atoms with van der Waals surface area (Å²) >= 11 is 0. The van der Waals surface area contributed by atoms with E-state index in [0.29, 0.717) is 5.69 Å². The first-order valence-electron chi connectivity index (χ1n) is 6.28. The topological polar surface area (TPSA) is 84.0 Å². The Labute approximate surface area is 112 Å². The van der Waals surface area contributed by atoms with Crippen molar-refractivity contribution in [1.29, 1.82) is 0 Å². The molecule has 1 aromatic heterocycles. The molecular weight excluding hydrogens is 244 g/mol. The molecule has 1 aliphatic rings. The highest BCUT2D eigenvalue weighted by molar-refractivity contribution is 5.95. The Kier molecular flexibility index (Phi) is 4.01. The molecule has 0 radical (unpaired) electrons. The first kappa shape index (κ1) is 13.8. The van der Waals surface area contributed by atoms with E-state index in [0.717, 1.165) is 31.9 Å². The van der Waals surface area contributed by atoms with E-state index < -0.39 is 0 Å². The summed E-state index contributed by atoms with van der Waals surface area (Å²) in [5.41, 5.74) is 7.15. The van der Waals surface area contributed by atoms with Crippen molar-refractivity contribution >= 4 is 5.84 Å². The average molecular weight is 264 g/mol. The number of aromatic nitrogens is 1. The van der Waals surface area contributed by atoms with Crippen molar-refractivity contribution in [2.45, 2.75) is 25.9 Å². The summed E-state index contributed by atoms with van der Waals surface area (Å²) in [6, 6.07) is 3.79. The van der Waals surface area contributed by atoms with Gasteiger partial charge in [0.1, 0.15) is 5.69 Å². The predicted molar refractivity (Wildman–Crippen MR) is 72.1 cm³/mol. The second-order valence-electron chi connectivity index (χ2n) is 5.32. The second kappa shape index (κ2) is 5.54. The maximum Gasteiger partial charge on any atom is 0.188 e. The fraction of sp³-hybridized carbons (Fsp3) is 0.538. The summed E-state index contributed by atoms with van der Waals surface area (Å²) in [6.07, 6.45) is 1.68. The number of rotatable bonds is 3. The zero-order valence-corrected chi connectivity index (χ0v) is 11.3. The minimum Gasteiger partial charge on any atom is -0.409 e. The van der Waals surface area contributed by atoms with Crippen molar-refractivity contribution < 1.29 is 9.94 Å². The molecule has 19 heavy (non-hydrogen) atoms. The maximum atomic E-state index is 8.68. The standard InChI is InChI=1S/C13H20N4O2/c1-13(2)9-19-6-5-17(13)8-10-3-4-15-11(7-10)12(14)16-18/h3-4,7,18H,5-6,8-9H2,1-2H3,(H2,14,16). The molecule has 1 fully saturated rings. The lowest BCUT2D eigenvalue weighted by molar-refractivity contribution is -0.0552. The molecule has 6 nitrogen and oxygen atoms in total. The highest BCUT2D eigenvalue weighted by Gasteiger charge is 2.30. The molecule has 0 unspecified atom stereocenters. The van der Waals surface area contributed by atoms with Gasteiger partial charge in [-0.25, -0.2) is 0 Å². The SMILES string of the molecule is CC1(C)COCCN1Cc1ccnc(C(N)=NO)c1. The number of oxime groups is 1. The fourth-order valence-corrected chi connectivity index (χ4v) is 2.17. The van der Waals surface area contributed by atoms with E-state index in [-0.39, 0.29) is 11.4 Å². The third-order valence-electron chi connectivity index (χ3n) is 3.38. The summed E-state index contributed by atoms with van der Waals surface area (Å²) in [5.74, 6) is 0.0306. The Morgan fingerprint density at radius 3 is 3.11 bits per heavy atom. The zero-order chi connectivity index (χ0) is 13.9. The van der Waals surface area contributed by atoms with Gasteiger partial charge in [0.15, 0.2) is 5.84 Å². The number of hydrogen-bond acceptors (Lipinski definition) is 5. The van der Waals surface area contributed by atoms with Crippen molar-refractivity contribution in [3.8, 4) is 0 Å². The van der Waals surface area contributed by atoms with Crippen LogP contribution in [0.3, 0.4) is 0 Å². The van der Waals surface area contributed by atoms with Crippen molar-refractivity contribution in [3.63, 3.8) is 0 Å². The average Bonchev–Trinajstić information content (AvgIpc) is 2.40. The van der Waals surface area contributed by atoms with Gasteiger partial charge in [0.05, 0.1) is 13.2 Å². The largest absolute Gasteiger partial charge is 0.409 e. The molecule has 0 spiro atoms. The van der Waals surface area contributed by atoms with Gasteiger partial charge in [0.2, 0.25) is 0 Å². The predicted octanol–water partition coefficient (Wildman–Crippen LogP) is 0.787. The highest BCUT2D eigenvalue weighted by Crippen LogP contribution is 2.21. The van der Waals surface area contributed by atoms with E-state index in [1.165, 1.54) is 0 Å². The van der Waals surface area contributed by atoms with Crippen LogP contribution in [0, 0.1) is 0 Å². The van der Waals surface area contributed by atoms with Gasteiger partial charge in [-0.15, -0.1) is 0 Å². The maximum absolute atomic E-state index is 8.68. The lowest BCUT2D eigenvalue weighted by Gasteiger charge is -2.42. The molecule has 0 aliphatic carbocycles. The number of pyridine rings is 1. The van der Waals surface area contributed by atoms with E-state index in [9.17, 15) is 0 Å². The molecule has 2 heterocycles. The van der Waals surface area contributed by atoms with Crippen LogP contribution in [0.1, 0.15) is 25.1 Å². The first-order valence-corrected chi connectivity index (χ1v) is 6.28. The number of amidine groups is 1. The van der Waals surface area contributed by atoms with E-state index in [1.807, 2.05) is 12.1 Å². The van der Waals surface area contributed by atoms with Crippen LogP contribution >= 0.6 is 0 Å². The normalized spacial score (nSPS) is 20.4. The fourth-order valence-electron chi connectivity index (χ4n) is 2.17. The molecule has 1 saturated heterocycles. The van der Waals surface area contributed by atoms with Crippen LogP contribution in [0.5, 0.6) is 0 Å². The minimum absolute atomic E-state index is 0.0122. The number of hydrogen-bond donors (Lipinski definition) is 2. The number of nitrogens with two attached hydrogens (primary N) is 1. The number of morpholine rings is 1. The Morgan fingerprint density at radius 1 is 1.63 bits per heavy atom. The van der Waals surface area contributed by atoms with Crippen LogP contribution in [0.4, 0.5) is 0 Å². The van der Waals surface area contributed by atoms with Gasteiger partial charge in [0, 0.05) is 24.8 Å². The lowest BCUT2D eigenvalue weighted by atomic mass is 10.0. The molecule has 0 amide bonds. The van der Waals surface area contributed by atoms with Crippen molar-refractivity contribution in [3.05, 3.63) is 29.6 Å². The lowest BCUT2D eigenvalue weighted by Crippen LogP contribution is -2.52. The van der Waals surface area contributed by atoms with E-state index in [4.69, 9.17) is 15.7 Å². The minimum atomic E-state index is 0.0122.